The van der Waals surface area contributed by atoms with Crippen molar-refractivity contribution in [2.75, 3.05) is 20.2 Å². The van der Waals surface area contributed by atoms with Crippen LogP contribution in [0.3, 0.4) is 0 Å². The first-order chi connectivity index (χ1) is 12.6. The van der Waals surface area contributed by atoms with Gasteiger partial charge in [-0.25, -0.2) is 8.42 Å². The maximum atomic E-state index is 12.8. The van der Waals surface area contributed by atoms with Crippen molar-refractivity contribution < 1.29 is 31.1 Å². The lowest BCUT2D eigenvalue weighted by atomic mass is 10.1. The molecule has 0 bridgehead atoms. The minimum Gasteiger partial charge on any atom is -0.497 e. The van der Waals surface area contributed by atoms with Gasteiger partial charge in [0.25, 0.3) is 5.91 Å². The number of ether oxygens (including phenoxy) is 1. The fourth-order valence-corrected chi connectivity index (χ4v) is 4.42. The molecule has 1 heterocycles. The molecule has 27 heavy (non-hydrogen) atoms. The molecule has 1 aliphatic heterocycles. The predicted molar refractivity (Wildman–Crippen MR) is 91.3 cm³/mol. The zero-order chi connectivity index (χ0) is 19.8. The molecule has 1 aliphatic rings. The van der Waals surface area contributed by atoms with Crippen LogP contribution in [0.25, 0.3) is 0 Å². The van der Waals surface area contributed by atoms with Crippen LogP contribution in [0.15, 0.2) is 53.4 Å². The standard InChI is InChI=1S/C18H16F3NO4S/c1-26-14-5-7-15(8-6-14)27(24,25)16-10-22(11-16)17(23)12-3-2-4-13(9-12)18(19,20)21/h2-9,16H,10-11H2,1H3. The Balaban J connectivity index is 1.70. The van der Waals surface area contributed by atoms with Crippen LogP contribution in [0, 0.1) is 0 Å². The van der Waals surface area contributed by atoms with Crippen LogP contribution >= 0.6 is 0 Å². The molecule has 0 saturated carbocycles. The van der Waals surface area contributed by atoms with Crippen molar-refractivity contribution in [3.8, 4) is 5.75 Å². The molecule has 0 spiro atoms. The summed E-state index contributed by atoms with van der Waals surface area (Å²) in [6.45, 7) is -0.132. The van der Waals surface area contributed by atoms with Gasteiger partial charge in [0.05, 0.1) is 17.6 Å². The lowest BCUT2D eigenvalue weighted by Crippen LogP contribution is -2.56. The molecule has 1 saturated heterocycles. The quantitative estimate of drug-likeness (QED) is 0.793. The number of alkyl halides is 3. The molecule has 5 nitrogen and oxygen atoms in total. The number of carbonyl (C=O) groups excluding carboxylic acids is 1. The van der Waals surface area contributed by atoms with Gasteiger partial charge in [-0.15, -0.1) is 0 Å². The molecular weight excluding hydrogens is 383 g/mol. The molecule has 144 valence electrons. The third-order valence-corrected chi connectivity index (χ3v) is 6.50. The lowest BCUT2D eigenvalue weighted by molar-refractivity contribution is -0.137. The lowest BCUT2D eigenvalue weighted by Gasteiger charge is -2.38. The Labute approximate surface area is 154 Å². The van der Waals surface area contributed by atoms with Gasteiger partial charge in [-0.2, -0.15) is 13.2 Å². The highest BCUT2D eigenvalue weighted by Crippen LogP contribution is 2.31. The van der Waals surface area contributed by atoms with E-state index < -0.39 is 32.7 Å². The zero-order valence-corrected chi connectivity index (χ0v) is 15.0. The maximum absolute atomic E-state index is 12.8. The van der Waals surface area contributed by atoms with Crippen LogP contribution in [0.4, 0.5) is 13.2 Å². The largest absolute Gasteiger partial charge is 0.497 e. The molecule has 1 fully saturated rings. The summed E-state index contributed by atoms with van der Waals surface area (Å²) in [5.41, 5.74) is -1.04. The number of amides is 1. The fraction of sp³-hybridized carbons (Fsp3) is 0.278. The molecule has 2 aromatic rings. The van der Waals surface area contributed by atoms with Gasteiger partial charge in [-0.05, 0) is 42.5 Å². The number of halogens is 3. The number of benzene rings is 2. The van der Waals surface area contributed by atoms with Crippen molar-refractivity contribution >= 4 is 15.7 Å². The third-order valence-electron chi connectivity index (χ3n) is 4.40. The van der Waals surface area contributed by atoms with Gasteiger partial charge < -0.3 is 9.64 Å². The molecule has 0 unspecified atom stereocenters. The molecule has 0 atom stereocenters. The molecule has 2 aromatic carbocycles. The van der Waals surface area contributed by atoms with Crippen LogP contribution < -0.4 is 4.74 Å². The van der Waals surface area contributed by atoms with E-state index in [1.165, 1.54) is 42.3 Å². The molecule has 1 amide bonds. The maximum Gasteiger partial charge on any atom is 0.416 e. The van der Waals surface area contributed by atoms with E-state index >= 15 is 0 Å². The average molecular weight is 399 g/mol. The monoisotopic (exact) mass is 399 g/mol. The topological polar surface area (TPSA) is 63.7 Å². The number of carbonyl (C=O) groups is 1. The van der Waals surface area contributed by atoms with Gasteiger partial charge in [0.15, 0.2) is 9.84 Å². The van der Waals surface area contributed by atoms with Gasteiger partial charge in [0.2, 0.25) is 0 Å². The van der Waals surface area contributed by atoms with Crippen LogP contribution in [0.1, 0.15) is 15.9 Å². The van der Waals surface area contributed by atoms with Crippen molar-refractivity contribution in [2.45, 2.75) is 16.3 Å². The molecule has 9 heteroatoms. The predicted octanol–water partition coefficient (Wildman–Crippen LogP) is 3.01. The number of nitrogens with zero attached hydrogens (tertiary/aromatic N) is 1. The van der Waals surface area contributed by atoms with E-state index in [2.05, 4.69) is 0 Å². The third kappa shape index (κ3) is 3.78. The molecule has 0 aromatic heterocycles. The summed E-state index contributed by atoms with van der Waals surface area (Å²) in [6.07, 6.45) is -4.55. The van der Waals surface area contributed by atoms with Crippen molar-refractivity contribution in [3.05, 3.63) is 59.7 Å². The van der Waals surface area contributed by atoms with Crippen molar-refractivity contribution in [1.29, 1.82) is 0 Å². The van der Waals surface area contributed by atoms with E-state index in [0.29, 0.717) is 5.75 Å². The smallest absolute Gasteiger partial charge is 0.416 e. The summed E-state index contributed by atoms with van der Waals surface area (Å²) < 4.78 is 68.5. The first-order valence-electron chi connectivity index (χ1n) is 7.97. The zero-order valence-electron chi connectivity index (χ0n) is 14.2. The highest BCUT2D eigenvalue weighted by atomic mass is 32.2. The summed E-state index contributed by atoms with van der Waals surface area (Å²) in [5, 5.41) is -0.791. The second kappa shape index (κ2) is 6.88. The Bertz CT molecular complexity index is 949. The van der Waals surface area contributed by atoms with Gasteiger partial charge in [-0.3, -0.25) is 4.79 Å². The molecule has 3 rings (SSSR count). The minimum atomic E-state index is -4.55. The number of rotatable bonds is 4. The minimum absolute atomic E-state index is 0.0660. The summed E-state index contributed by atoms with van der Waals surface area (Å²) >= 11 is 0. The summed E-state index contributed by atoms with van der Waals surface area (Å²) in [6, 6.07) is 9.98. The first kappa shape index (κ1) is 19.2. The highest BCUT2D eigenvalue weighted by molar-refractivity contribution is 7.92. The Morgan fingerprint density at radius 3 is 2.30 bits per heavy atom. The van der Waals surface area contributed by atoms with Crippen LogP contribution in [0.2, 0.25) is 0 Å². The number of hydrogen-bond acceptors (Lipinski definition) is 4. The Kier molecular flexibility index (Phi) is 4.90. The van der Waals surface area contributed by atoms with Gasteiger partial charge in [-0.1, -0.05) is 6.07 Å². The van der Waals surface area contributed by atoms with E-state index in [0.717, 1.165) is 18.2 Å². The van der Waals surface area contributed by atoms with Gasteiger partial charge in [0.1, 0.15) is 11.0 Å². The Hall–Kier alpha value is -2.55. The first-order valence-corrected chi connectivity index (χ1v) is 9.52. The number of sulfone groups is 1. The fourth-order valence-electron chi connectivity index (χ4n) is 2.77. The van der Waals surface area contributed by atoms with Gasteiger partial charge >= 0.3 is 6.18 Å². The van der Waals surface area contributed by atoms with E-state index in [-0.39, 0.29) is 23.5 Å². The van der Waals surface area contributed by atoms with E-state index in [1.807, 2.05) is 0 Å². The van der Waals surface area contributed by atoms with E-state index in [9.17, 15) is 26.4 Å². The number of methoxy groups -OCH3 is 1. The molecule has 0 N–H and O–H groups in total. The SMILES string of the molecule is COc1ccc(S(=O)(=O)C2CN(C(=O)c3cccc(C(F)(F)F)c3)C2)cc1. The van der Waals surface area contributed by atoms with Crippen molar-refractivity contribution in [3.63, 3.8) is 0 Å². The van der Waals surface area contributed by atoms with Crippen molar-refractivity contribution in [1.82, 2.24) is 4.90 Å². The van der Waals surface area contributed by atoms with E-state index in [4.69, 9.17) is 4.74 Å². The highest BCUT2D eigenvalue weighted by Gasteiger charge is 2.41. The van der Waals surface area contributed by atoms with E-state index in [1.54, 1.807) is 0 Å². The summed E-state index contributed by atoms with van der Waals surface area (Å²) in [4.78, 5) is 13.7. The van der Waals surface area contributed by atoms with Crippen LogP contribution in [-0.2, 0) is 16.0 Å². The molecule has 0 radical (unpaired) electrons. The average Bonchev–Trinajstić information content (AvgIpc) is 2.59. The van der Waals surface area contributed by atoms with Crippen LogP contribution in [-0.4, -0.2) is 44.7 Å². The molecular formula is C18H16F3NO4S. The summed E-state index contributed by atoms with van der Waals surface area (Å²) in [7, 11) is -2.17. The number of likely N-dealkylation sites (tertiary alicyclic amines) is 1. The van der Waals surface area contributed by atoms with Crippen LogP contribution in [0.5, 0.6) is 5.75 Å². The normalized spacial score (nSPS) is 15.3. The Morgan fingerprint density at radius 1 is 1.11 bits per heavy atom. The second-order valence-electron chi connectivity index (χ2n) is 6.13. The van der Waals surface area contributed by atoms with Gasteiger partial charge in [0, 0.05) is 18.7 Å². The second-order valence-corrected chi connectivity index (χ2v) is 8.36. The number of hydrogen-bond donors (Lipinski definition) is 0. The van der Waals surface area contributed by atoms with Crippen molar-refractivity contribution in [2.24, 2.45) is 0 Å². The summed E-state index contributed by atoms with van der Waals surface area (Å²) in [5.74, 6) is -0.105. The molecule has 0 aliphatic carbocycles. The Morgan fingerprint density at radius 2 is 1.74 bits per heavy atom.